The molecule has 178 valence electrons. The molecule has 3 aromatic rings. The van der Waals surface area contributed by atoms with Crippen LogP contribution in [0.5, 0.6) is 11.5 Å². The van der Waals surface area contributed by atoms with Gasteiger partial charge in [0.25, 0.3) is 11.8 Å². The molecular formula is C27H29BrN2O4. The minimum atomic E-state index is -0.367. The van der Waals surface area contributed by atoms with E-state index in [4.69, 9.17) is 9.47 Å². The highest BCUT2D eigenvalue weighted by molar-refractivity contribution is 9.10. The molecule has 7 heteroatoms. The summed E-state index contributed by atoms with van der Waals surface area (Å²) in [5.74, 6) is 0.604. The third-order valence-corrected chi connectivity index (χ3v) is 5.65. The highest BCUT2D eigenvalue weighted by Gasteiger charge is 2.17. The topological polar surface area (TPSA) is 76.7 Å². The molecule has 0 saturated heterocycles. The Kier molecular flexibility index (Phi) is 8.34. The van der Waals surface area contributed by atoms with E-state index in [-0.39, 0.29) is 23.8 Å². The molecule has 2 amide bonds. The van der Waals surface area contributed by atoms with Gasteiger partial charge in [0.05, 0.1) is 22.3 Å². The molecular weight excluding hydrogens is 496 g/mol. The van der Waals surface area contributed by atoms with Crippen molar-refractivity contribution in [1.29, 1.82) is 0 Å². The van der Waals surface area contributed by atoms with Crippen LogP contribution >= 0.6 is 15.9 Å². The number of para-hydroxylation sites is 1. The van der Waals surface area contributed by atoms with Crippen molar-refractivity contribution in [3.63, 3.8) is 0 Å². The van der Waals surface area contributed by atoms with Gasteiger partial charge in [-0.2, -0.15) is 0 Å². The van der Waals surface area contributed by atoms with Gasteiger partial charge in [-0.1, -0.05) is 39.0 Å². The maximum Gasteiger partial charge on any atom is 0.262 e. The van der Waals surface area contributed by atoms with Crippen molar-refractivity contribution in [3.05, 3.63) is 82.3 Å². The average molecular weight is 525 g/mol. The summed E-state index contributed by atoms with van der Waals surface area (Å²) in [5, 5.41) is 5.61. The van der Waals surface area contributed by atoms with E-state index in [1.807, 2.05) is 25.1 Å². The molecule has 6 nitrogen and oxygen atoms in total. The number of benzene rings is 3. The van der Waals surface area contributed by atoms with Crippen molar-refractivity contribution < 1.29 is 19.1 Å². The zero-order valence-corrected chi connectivity index (χ0v) is 21.4. The van der Waals surface area contributed by atoms with E-state index in [1.165, 1.54) is 0 Å². The Morgan fingerprint density at radius 1 is 0.912 bits per heavy atom. The second-order valence-electron chi connectivity index (χ2n) is 8.69. The Morgan fingerprint density at radius 3 is 2.26 bits per heavy atom. The highest BCUT2D eigenvalue weighted by Crippen LogP contribution is 2.31. The molecule has 0 bridgehead atoms. The van der Waals surface area contributed by atoms with Gasteiger partial charge in [-0.3, -0.25) is 9.59 Å². The molecule has 34 heavy (non-hydrogen) atoms. The first kappa shape index (κ1) is 25.3. The first-order valence-corrected chi connectivity index (χ1v) is 11.8. The van der Waals surface area contributed by atoms with Crippen LogP contribution in [0.1, 0.15) is 43.6 Å². The summed E-state index contributed by atoms with van der Waals surface area (Å²) in [7, 11) is 0. The summed E-state index contributed by atoms with van der Waals surface area (Å²) < 4.78 is 11.9. The minimum absolute atomic E-state index is 0.00797. The van der Waals surface area contributed by atoms with Gasteiger partial charge in [0.15, 0.2) is 6.61 Å². The summed E-state index contributed by atoms with van der Waals surface area (Å²) in [5.41, 5.74) is 2.54. The molecule has 2 N–H and O–H groups in total. The number of anilines is 2. The lowest BCUT2D eigenvalue weighted by Gasteiger charge is -2.20. The fraction of sp³-hybridized carbons (Fsp3) is 0.259. The highest BCUT2D eigenvalue weighted by atomic mass is 79.9. The van der Waals surface area contributed by atoms with E-state index >= 15 is 0 Å². The molecule has 0 aliphatic heterocycles. The molecule has 0 fully saturated rings. The maximum absolute atomic E-state index is 12.8. The van der Waals surface area contributed by atoms with Crippen LogP contribution in [-0.2, 0) is 10.2 Å². The van der Waals surface area contributed by atoms with Crippen LogP contribution in [0, 0.1) is 0 Å². The monoisotopic (exact) mass is 524 g/mol. The zero-order valence-electron chi connectivity index (χ0n) is 19.8. The number of amides is 2. The number of carbonyl (C=O) groups is 2. The lowest BCUT2D eigenvalue weighted by molar-refractivity contribution is -0.118. The van der Waals surface area contributed by atoms with Crippen molar-refractivity contribution in [2.75, 3.05) is 23.8 Å². The molecule has 0 aliphatic carbocycles. The van der Waals surface area contributed by atoms with Gasteiger partial charge in [0, 0.05) is 5.69 Å². The van der Waals surface area contributed by atoms with E-state index in [1.54, 1.807) is 48.5 Å². The first-order chi connectivity index (χ1) is 16.2. The van der Waals surface area contributed by atoms with Gasteiger partial charge in [0.2, 0.25) is 0 Å². The lowest BCUT2D eigenvalue weighted by Crippen LogP contribution is -2.23. The van der Waals surface area contributed by atoms with Gasteiger partial charge in [-0.15, -0.1) is 0 Å². The van der Waals surface area contributed by atoms with Crippen LogP contribution in [0.2, 0.25) is 0 Å². The average Bonchev–Trinajstić information content (AvgIpc) is 2.79. The Hall–Kier alpha value is -3.32. The first-order valence-electron chi connectivity index (χ1n) is 11.0. The standard InChI is InChI=1S/C27H29BrN2O4/c1-5-33-20-13-11-19(12-14-20)29-26(32)21-8-6-7-9-23(21)30-25(31)17-34-24-15-10-18(16-22(24)28)27(2,3)4/h6-16H,5,17H2,1-4H3,(H,29,32)(H,30,31). The van der Waals surface area contributed by atoms with E-state index in [9.17, 15) is 9.59 Å². The fourth-order valence-electron chi connectivity index (χ4n) is 3.20. The summed E-state index contributed by atoms with van der Waals surface area (Å²) in [4.78, 5) is 25.4. The molecule has 0 radical (unpaired) electrons. The molecule has 0 saturated carbocycles. The van der Waals surface area contributed by atoms with Crippen molar-refractivity contribution in [1.82, 2.24) is 0 Å². The number of halogens is 1. The second kappa shape index (κ2) is 11.2. The molecule has 0 heterocycles. The second-order valence-corrected chi connectivity index (χ2v) is 9.54. The molecule has 3 aromatic carbocycles. The van der Waals surface area contributed by atoms with E-state index in [2.05, 4.69) is 47.3 Å². The van der Waals surface area contributed by atoms with Crippen molar-refractivity contribution >= 4 is 39.1 Å². The molecule has 0 spiro atoms. The van der Waals surface area contributed by atoms with E-state index in [0.717, 1.165) is 15.8 Å². The van der Waals surface area contributed by atoms with Crippen molar-refractivity contribution in [2.45, 2.75) is 33.1 Å². The van der Waals surface area contributed by atoms with Gasteiger partial charge < -0.3 is 20.1 Å². The van der Waals surface area contributed by atoms with Crippen LogP contribution in [0.25, 0.3) is 0 Å². The molecule has 0 aromatic heterocycles. The normalized spacial score (nSPS) is 11.0. The number of nitrogens with one attached hydrogen (secondary N) is 2. The maximum atomic E-state index is 12.8. The summed E-state index contributed by atoms with van der Waals surface area (Å²) >= 11 is 3.51. The number of carbonyl (C=O) groups excluding carboxylic acids is 2. The summed E-state index contributed by atoms with van der Waals surface area (Å²) in [6.45, 7) is 8.68. The predicted molar refractivity (Wildman–Crippen MR) is 139 cm³/mol. The number of hydrogen-bond acceptors (Lipinski definition) is 4. The molecule has 0 atom stereocenters. The van der Waals surface area contributed by atoms with Crippen LogP contribution in [-0.4, -0.2) is 25.0 Å². The lowest BCUT2D eigenvalue weighted by atomic mass is 9.87. The molecule has 3 rings (SSSR count). The minimum Gasteiger partial charge on any atom is -0.494 e. The molecule has 0 aliphatic rings. The Labute approximate surface area is 208 Å². The largest absolute Gasteiger partial charge is 0.494 e. The van der Waals surface area contributed by atoms with Crippen LogP contribution in [0.3, 0.4) is 0 Å². The number of ether oxygens (including phenoxy) is 2. The van der Waals surface area contributed by atoms with Gasteiger partial charge in [-0.25, -0.2) is 0 Å². The summed E-state index contributed by atoms with van der Waals surface area (Å²) in [6.07, 6.45) is 0. The smallest absolute Gasteiger partial charge is 0.262 e. The molecule has 0 unspecified atom stereocenters. The Bertz CT molecular complexity index is 1150. The number of hydrogen-bond donors (Lipinski definition) is 2. The number of rotatable bonds is 8. The summed E-state index contributed by atoms with van der Waals surface area (Å²) in [6, 6.07) is 19.8. The van der Waals surface area contributed by atoms with Crippen LogP contribution in [0.4, 0.5) is 11.4 Å². The predicted octanol–water partition coefficient (Wildman–Crippen LogP) is 6.42. The van der Waals surface area contributed by atoms with Gasteiger partial charge in [0.1, 0.15) is 11.5 Å². The van der Waals surface area contributed by atoms with Gasteiger partial charge in [-0.05, 0) is 82.4 Å². The van der Waals surface area contributed by atoms with E-state index in [0.29, 0.717) is 29.3 Å². The van der Waals surface area contributed by atoms with Crippen molar-refractivity contribution in [3.8, 4) is 11.5 Å². The SMILES string of the molecule is CCOc1ccc(NC(=O)c2ccccc2NC(=O)COc2ccc(C(C)(C)C)cc2Br)cc1. The Morgan fingerprint density at radius 2 is 1.62 bits per heavy atom. The van der Waals surface area contributed by atoms with Crippen molar-refractivity contribution in [2.24, 2.45) is 0 Å². The van der Waals surface area contributed by atoms with Crippen LogP contribution < -0.4 is 20.1 Å². The van der Waals surface area contributed by atoms with E-state index < -0.39 is 0 Å². The zero-order chi connectivity index (χ0) is 24.7. The fourth-order valence-corrected chi connectivity index (χ4v) is 3.70. The third-order valence-electron chi connectivity index (χ3n) is 5.03. The Balaban J connectivity index is 1.63. The quantitative estimate of drug-likeness (QED) is 0.356. The van der Waals surface area contributed by atoms with Gasteiger partial charge >= 0.3 is 0 Å². The third kappa shape index (κ3) is 6.84. The van der Waals surface area contributed by atoms with Crippen LogP contribution in [0.15, 0.2) is 71.2 Å².